The number of aliphatic hydroxyl groups is 1. The first kappa shape index (κ1) is 13.7. The summed E-state index contributed by atoms with van der Waals surface area (Å²) in [5.41, 5.74) is 0. The Balaban J connectivity index is 1.83. The Hall–Kier alpha value is -0.690. The van der Waals surface area contributed by atoms with Crippen LogP contribution in [0.25, 0.3) is 0 Å². The average molecular weight is 259 g/mol. The van der Waals surface area contributed by atoms with Crippen LogP contribution in [0.2, 0.25) is 0 Å². The second-order valence-corrected chi connectivity index (χ2v) is 5.10. The van der Waals surface area contributed by atoms with Crippen LogP contribution in [0.15, 0.2) is 0 Å². The van der Waals surface area contributed by atoms with Crippen LogP contribution in [0.3, 0.4) is 0 Å². The van der Waals surface area contributed by atoms with Gasteiger partial charge in [-0.05, 0) is 19.8 Å². The van der Waals surface area contributed by atoms with E-state index in [1.54, 1.807) is 0 Å². The third kappa shape index (κ3) is 3.20. The third-order valence-electron chi connectivity index (χ3n) is 3.66. The van der Waals surface area contributed by atoms with Crippen molar-refractivity contribution < 1.29 is 24.5 Å². The fourth-order valence-corrected chi connectivity index (χ4v) is 2.52. The van der Waals surface area contributed by atoms with Gasteiger partial charge in [-0.2, -0.15) is 0 Å². The molecule has 2 heterocycles. The molecule has 0 aromatic heterocycles. The minimum atomic E-state index is -0.874. The van der Waals surface area contributed by atoms with Crippen molar-refractivity contribution in [2.24, 2.45) is 0 Å². The molecule has 2 saturated heterocycles. The Bertz CT molecular complexity index is 298. The summed E-state index contributed by atoms with van der Waals surface area (Å²) in [7, 11) is 0. The molecular formula is C12H21NO5. The van der Waals surface area contributed by atoms with Gasteiger partial charge in [0.25, 0.3) is 0 Å². The molecule has 0 radical (unpaired) electrons. The minimum absolute atomic E-state index is 0.0203. The van der Waals surface area contributed by atoms with E-state index in [-0.39, 0.29) is 24.9 Å². The van der Waals surface area contributed by atoms with Crippen LogP contribution >= 0.6 is 0 Å². The SMILES string of the molecule is CC1COC(CO)CN1CC1CCC(C(=O)O)O1. The molecule has 0 aliphatic carbocycles. The summed E-state index contributed by atoms with van der Waals surface area (Å²) in [6.45, 7) is 4.07. The van der Waals surface area contributed by atoms with Gasteiger partial charge >= 0.3 is 5.97 Å². The normalized spacial score (nSPS) is 37.9. The number of aliphatic carboxylic acids is 1. The van der Waals surface area contributed by atoms with E-state index in [0.717, 1.165) is 6.42 Å². The third-order valence-corrected chi connectivity index (χ3v) is 3.66. The molecular weight excluding hydrogens is 238 g/mol. The van der Waals surface area contributed by atoms with Crippen molar-refractivity contribution in [1.82, 2.24) is 4.90 Å². The maximum Gasteiger partial charge on any atom is 0.332 e. The molecule has 0 bridgehead atoms. The van der Waals surface area contributed by atoms with E-state index in [9.17, 15) is 4.79 Å². The summed E-state index contributed by atoms with van der Waals surface area (Å²) in [5, 5.41) is 18.0. The van der Waals surface area contributed by atoms with E-state index >= 15 is 0 Å². The van der Waals surface area contributed by atoms with Crippen molar-refractivity contribution in [3.05, 3.63) is 0 Å². The van der Waals surface area contributed by atoms with Gasteiger partial charge in [0.05, 0.1) is 25.4 Å². The number of ether oxygens (including phenoxy) is 2. The quantitative estimate of drug-likeness (QED) is 0.721. The summed E-state index contributed by atoms with van der Waals surface area (Å²) in [4.78, 5) is 13.0. The van der Waals surface area contributed by atoms with Gasteiger partial charge in [-0.15, -0.1) is 0 Å². The first-order chi connectivity index (χ1) is 8.60. The van der Waals surface area contributed by atoms with E-state index in [1.807, 2.05) is 0 Å². The van der Waals surface area contributed by atoms with Crippen molar-refractivity contribution in [2.45, 2.75) is 44.1 Å². The fraction of sp³-hybridized carbons (Fsp3) is 0.917. The lowest BCUT2D eigenvalue weighted by Gasteiger charge is -2.38. The Morgan fingerprint density at radius 2 is 2.17 bits per heavy atom. The topological polar surface area (TPSA) is 79.2 Å². The minimum Gasteiger partial charge on any atom is -0.479 e. The molecule has 2 fully saturated rings. The van der Waals surface area contributed by atoms with Crippen LogP contribution in [-0.4, -0.2) is 71.7 Å². The van der Waals surface area contributed by atoms with Crippen LogP contribution in [0.5, 0.6) is 0 Å². The zero-order valence-corrected chi connectivity index (χ0v) is 10.6. The van der Waals surface area contributed by atoms with E-state index in [4.69, 9.17) is 19.7 Å². The predicted molar refractivity (Wildman–Crippen MR) is 63.4 cm³/mol. The fourth-order valence-electron chi connectivity index (χ4n) is 2.52. The second kappa shape index (κ2) is 5.97. The highest BCUT2D eigenvalue weighted by molar-refractivity contribution is 5.72. The summed E-state index contributed by atoms with van der Waals surface area (Å²) in [6.07, 6.45) is 0.552. The molecule has 0 amide bonds. The largest absolute Gasteiger partial charge is 0.479 e. The predicted octanol–water partition coefficient (Wildman–Crippen LogP) is -0.300. The van der Waals surface area contributed by atoms with Gasteiger partial charge in [0.15, 0.2) is 6.10 Å². The molecule has 6 heteroatoms. The van der Waals surface area contributed by atoms with Gasteiger partial charge in [-0.25, -0.2) is 4.79 Å². The Morgan fingerprint density at radius 3 is 2.78 bits per heavy atom. The molecule has 0 aromatic carbocycles. The standard InChI is InChI=1S/C12H21NO5/c1-8-7-17-10(6-14)5-13(8)4-9-2-3-11(18-9)12(15)16/h8-11,14H,2-7H2,1H3,(H,15,16). The van der Waals surface area contributed by atoms with Gasteiger partial charge in [0, 0.05) is 19.1 Å². The maximum absolute atomic E-state index is 10.8. The number of nitrogens with zero attached hydrogens (tertiary/aromatic N) is 1. The zero-order chi connectivity index (χ0) is 13.1. The number of aliphatic hydroxyl groups excluding tert-OH is 1. The summed E-state index contributed by atoms with van der Waals surface area (Å²) in [6, 6.07) is 0.278. The molecule has 18 heavy (non-hydrogen) atoms. The van der Waals surface area contributed by atoms with Crippen LogP contribution in [0.4, 0.5) is 0 Å². The summed E-state index contributed by atoms with van der Waals surface area (Å²) < 4.78 is 11.0. The number of carbonyl (C=O) groups is 1. The smallest absolute Gasteiger partial charge is 0.332 e. The number of carboxylic acids is 1. The van der Waals surface area contributed by atoms with Gasteiger partial charge in [0.1, 0.15) is 0 Å². The Morgan fingerprint density at radius 1 is 1.39 bits per heavy atom. The van der Waals surface area contributed by atoms with Gasteiger partial charge < -0.3 is 19.7 Å². The molecule has 2 rings (SSSR count). The van der Waals surface area contributed by atoms with Crippen molar-refractivity contribution in [3.8, 4) is 0 Å². The average Bonchev–Trinajstić information content (AvgIpc) is 2.81. The lowest BCUT2D eigenvalue weighted by Crippen LogP contribution is -2.51. The first-order valence-corrected chi connectivity index (χ1v) is 6.45. The monoisotopic (exact) mass is 259 g/mol. The zero-order valence-electron chi connectivity index (χ0n) is 10.6. The molecule has 4 atom stereocenters. The van der Waals surface area contributed by atoms with Crippen molar-refractivity contribution in [1.29, 1.82) is 0 Å². The number of rotatable bonds is 4. The first-order valence-electron chi connectivity index (χ1n) is 6.45. The molecule has 2 aliphatic heterocycles. The van der Waals surface area contributed by atoms with Crippen LogP contribution in [0.1, 0.15) is 19.8 Å². The molecule has 6 nitrogen and oxygen atoms in total. The van der Waals surface area contributed by atoms with Crippen molar-refractivity contribution >= 4 is 5.97 Å². The molecule has 2 N–H and O–H groups in total. The highest BCUT2D eigenvalue weighted by Gasteiger charge is 2.34. The lowest BCUT2D eigenvalue weighted by atomic mass is 10.1. The number of morpholine rings is 1. The molecule has 104 valence electrons. The highest BCUT2D eigenvalue weighted by Crippen LogP contribution is 2.22. The molecule has 0 aromatic rings. The number of hydrogen-bond acceptors (Lipinski definition) is 5. The van der Waals surface area contributed by atoms with Gasteiger partial charge in [0.2, 0.25) is 0 Å². The summed E-state index contributed by atoms with van der Waals surface area (Å²) >= 11 is 0. The Labute approximate surface area is 106 Å². The highest BCUT2D eigenvalue weighted by atomic mass is 16.5. The van der Waals surface area contributed by atoms with Crippen molar-refractivity contribution in [2.75, 3.05) is 26.3 Å². The van der Waals surface area contributed by atoms with Crippen LogP contribution in [-0.2, 0) is 14.3 Å². The van der Waals surface area contributed by atoms with Crippen LogP contribution in [0, 0.1) is 0 Å². The molecule has 0 saturated carbocycles. The maximum atomic E-state index is 10.8. The molecule has 2 aliphatic rings. The number of carboxylic acid groups (broad SMARTS) is 1. The van der Waals surface area contributed by atoms with Crippen LogP contribution < -0.4 is 0 Å². The van der Waals surface area contributed by atoms with E-state index in [1.165, 1.54) is 0 Å². The van der Waals surface area contributed by atoms with Gasteiger partial charge in [-0.3, -0.25) is 4.90 Å². The Kier molecular flexibility index (Phi) is 4.55. The second-order valence-electron chi connectivity index (χ2n) is 5.10. The van der Waals surface area contributed by atoms with E-state index in [2.05, 4.69) is 11.8 Å². The van der Waals surface area contributed by atoms with Crippen molar-refractivity contribution in [3.63, 3.8) is 0 Å². The van der Waals surface area contributed by atoms with E-state index < -0.39 is 12.1 Å². The number of hydrogen-bond donors (Lipinski definition) is 2. The summed E-state index contributed by atoms with van der Waals surface area (Å²) in [5.74, 6) is -0.874. The molecule has 4 unspecified atom stereocenters. The van der Waals surface area contributed by atoms with Gasteiger partial charge in [-0.1, -0.05) is 0 Å². The lowest BCUT2D eigenvalue weighted by molar-refractivity contribution is -0.150. The molecule has 0 spiro atoms. The van der Waals surface area contributed by atoms with E-state index in [0.29, 0.717) is 26.1 Å².